The second-order valence-electron chi connectivity index (χ2n) is 6.19. The van der Waals surface area contributed by atoms with E-state index in [2.05, 4.69) is 21.2 Å². The molecule has 1 saturated heterocycles. The van der Waals surface area contributed by atoms with E-state index in [0.29, 0.717) is 39.1 Å². The topological polar surface area (TPSA) is 58.6 Å². The second kappa shape index (κ2) is 8.62. The number of benzene rings is 1. The number of halogens is 1. The van der Waals surface area contributed by atoms with Crippen LogP contribution in [0.2, 0.25) is 0 Å². The van der Waals surface area contributed by atoms with Gasteiger partial charge < -0.3 is 15.0 Å². The standard InChI is InChI=1S/C18H25BrN2O3/c1-3-24-11-5-10-20-17(23)18(2)9-8-16(22)21(18)13-14-6-4-7-15(19)12-14/h4,6-7,12H,3,5,8-11,13H2,1-2H3,(H,20,23)/t18-/m1/s1. The molecule has 132 valence electrons. The van der Waals surface area contributed by atoms with Gasteiger partial charge in [-0.3, -0.25) is 9.59 Å². The van der Waals surface area contributed by atoms with E-state index in [1.54, 1.807) is 4.90 Å². The zero-order chi connectivity index (χ0) is 17.6. The average molecular weight is 397 g/mol. The summed E-state index contributed by atoms with van der Waals surface area (Å²) in [5, 5.41) is 2.95. The Balaban J connectivity index is 2.00. The van der Waals surface area contributed by atoms with Gasteiger partial charge in [0.05, 0.1) is 0 Å². The summed E-state index contributed by atoms with van der Waals surface area (Å²) >= 11 is 3.44. The molecule has 1 aromatic rings. The lowest BCUT2D eigenvalue weighted by atomic mass is 9.97. The summed E-state index contributed by atoms with van der Waals surface area (Å²) in [7, 11) is 0. The van der Waals surface area contributed by atoms with Crippen molar-refractivity contribution in [1.29, 1.82) is 0 Å². The summed E-state index contributed by atoms with van der Waals surface area (Å²) < 4.78 is 6.24. The van der Waals surface area contributed by atoms with E-state index < -0.39 is 5.54 Å². The predicted molar refractivity (Wildman–Crippen MR) is 96.5 cm³/mol. The van der Waals surface area contributed by atoms with Gasteiger partial charge in [0, 0.05) is 37.2 Å². The van der Waals surface area contributed by atoms with Gasteiger partial charge in [-0.15, -0.1) is 0 Å². The minimum Gasteiger partial charge on any atom is -0.382 e. The summed E-state index contributed by atoms with van der Waals surface area (Å²) in [6.45, 7) is 6.13. The van der Waals surface area contributed by atoms with Crippen LogP contribution in [-0.2, 0) is 20.9 Å². The van der Waals surface area contributed by atoms with Crippen molar-refractivity contribution in [2.24, 2.45) is 0 Å². The smallest absolute Gasteiger partial charge is 0.245 e. The summed E-state index contributed by atoms with van der Waals surface area (Å²) in [4.78, 5) is 26.7. The molecule has 1 aliphatic rings. The zero-order valence-corrected chi connectivity index (χ0v) is 15.9. The van der Waals surface area contributed by atoms with E-state index in [9.17, 15) is 9.59 Å². The third-order valence-electron chi connectivity index (χ3n) is 4.40. The lowest BCUT2D eigenvalue weighted by Gasteiger charge is -2.34. The molecular weight excluding hydrogens is 372 g/mol. The van der Waals surface area contributed by atoms with Crippen LogP contribution >= 0.6 is 15.9 Å². The van der Waals surface area contributed by atoms with Crippen LogP contribution in [0.3, 0.4) is 0 Å². The van der Waals surface area contributed by atoms with Gasteiger partial charge >= 0.3 is 0 Å². The van der Waals surface area contributed by atoms with Crippen molar-refractivity contribution in [3.05, 3.63) is 34.3 Å². The highest BCUT2D eigenvalue weighted by Gasteiger charge is 2.46. The van der Waals surface area contributed by atoms with Gasteiger partial charge in [-0.1, -0.05) is 28.1 Å². The molecule has 1 fully saturated rings. The monoisotopic (exact) mass is 396 g/mol. The predicted octanol–water partition coefficient (Wildman–Crippen LogP) is 2.87. The molecule has 1 aliphatic heterocycles. The molecule has 0 bridgehead atoms. The first-order chi connectivity index (χ1) is 11.5. The molecule has 5 nitrogen and oxygen atoms in total. The van der Waals surface area contributed by atoms with Gasteiger partial charge in [0.1, 0.15) is 5.54 Å². The van der Waals surface area contributed by atoms with Gasteiger partial charge in [0.15, 0.2) is 0 Å². The fourth-order valence-electron chi connectivity index (χ4n) is 2.92. The minimum atomic E-state index is -0.787. The molecule has 2 amide bonds. The van der Waals surface area contributed by atoms with Crippen LogP contribution in [0.5, 0.6) is 0 Å². The molecule has 1 atom stereocenters. The normalized spacial score (nSPS) is 20.5. The Morgan fingerprint density at radius 3 is 2.96 bits per heavy atom. The molecule has 1 heterocycles. The summed E-state index contributed by atoms with van der Waals surface area (Å²) in [5.41, 5.74) is 0.223. The van der Waals surface area contributed by atoms with Gasteiger partial charge in [-0.25, -0.2) is 0 Å². The van der Waals surface area contributed by atoms with Crippen LogP contribution < -0.4 is 5.32 Å². The first kappa shape index (κ1) is 18.9. The van der Waals surface area contributed by atoms with Gasteiger partial charge in [-0.2, -0.15) is 0 Å². The molecule has 0 saturated carbocycles. The molecule has 0 unspecified atom stereocenters. The van der Waals surface area contributed by atoms with Gasteiger partial charge in [0.25, 0.3) is 0 Å². The first-order valence-corrected chi connectivity index (χ1v) is 9.17. The van der Waals surface area contributed by atoms with Crippen molar-refractivity contribution in [3.63, 3.8) is 0 Å². The van der Waals surface area contributed by atoms with E-state index in [-0.39, 0.29) is 11.8 Å². The lowest BCUT2D eigenvalue weighted by molar-refractivity contribution is -0.141. The Kier molecular flexibility index (Phi) is 6.80. The van der Waals surface area contributed by atoms with Gasteiger partial charge in [0.2, 0.25) is 11.8 Å². The van der Waals surface area contributed by atoms with Crippen molar-refractivity contribution < 1.29 is 14.3 Å². The summed E-state index contributed by atoms with van der Waals surface area (Å²) in [6, 6.07) is 7.83. The molecule has 0 radical (unpaired) electrons. The zero-order valence-electron chi connectivity index (χ0n) is 14.3. The van der Waals surface area contributed by atoms with E-state index in [1.807, 2.05) is 38.1 Å². The number of rotatable bonds is 8. The van der Waals surface area contributed by atoms with Crippen LogP contribution in [0.4, 0.5) is 0 Å². The largest absolute Gasteiger partial charge is 0.382 e. The molecule has 6 heteroatoms. The summed E-state index contributed by atoms with van der Waals surface area (Å²) in [6.07, 6.45) is 1.74. The average Bonchev–Trinajstić information content (AvgIpc) is 2.84. The lowest BCUT2D eigenvalue weighted by Crippen LogP contribution is -2.54. The van der Waals surface area contributed by atoms with Gasteiger partial charge in [-0.05, 0) is 44.4 Å². The number of likely N-dealkylation sites (tertiary alicyclic amines) is 1. The number of ether oxygens (including phenoxy) is 1. The number of nitrogens with zero attached hydrogens (tertiary/aromatic N) is 1. The fraction of sp³-hybridized carbons (Fsp3) is 0.556. The third-order valence-corrected chi connectivity index (χ3v) is 4.89. The van der Waals surface area contributed by atoms with Crippen LogP contribution in [0.1, 0.15) is 38.7 Å². The Labute approximate surface area is 151 Å². The molecule has 2 rings (SSSR count). The molecular formula is C18H25BrN2O3. The Hall–Kier alpha value is -1.40. The van der Waals surface area contributed by atoms with Crippen LogP contribution in [0, 0.1) is 0 Å². The first-order valence-electron chi connectivity index (χ1n) is 8.38. The quantitative estimate of drug-likeness (QED) is 0.687. The molecule has 0 aliphatic carbocycles. The maximum atomic E-state index is 12.7. The van der Waals surface area contributed by atoms with Crippen molar-refractivity contribution in [3.8, 4) is 0 Å². The minimum absolute atomic E-state index is 0.0296. The SMILES string of the molecule is CCOCCCNC(=O)[C@@]1(C)CCC(=O)N1Cc1cccc(Br)c1. The van der Waals surface area contributed by atoms with Crippen LogP contribution in [0.15, 0.2) is 28.7 Å². The van der Waals surface area contributed by atoms with Crippen LogP contribution in [0.25, 0.3) is 0 Å². The van der Waals surface area contributed by atoms with E-state index in [4.69, 9.17) is 4.74 Å². The summed E-state index contributed by atoms with van der Waals surface area (Å²) in [5.74, 6) is -0.0539. The van der Waals surface area contributed by atoms with Crippen molar-refractivity contribution >= 4 is 27.7 Å². The number of carbonyl (C=O) groups excluding carboxylic acids is 2. The van der Waals surface area contributed by atoms with E-state index in [0.717, 1.165) is 16.5 Å². The van der Waals surface area contributed by atoms with Crippen molar-refractivity contribution in [2.75, 3.05) is 19.8 Å². The fourth-order valence-corrected chi connectivity index (χ4v) is 3.37. The molecule has 1 aromatic carbocycles. The molecule has 0 spiro atoms. The Bertz CT molecular complexity index is 593. The third kappa shape index (κ3) is 4.57. The number of hydrogen-bond donors (Lipinski definition) is 1. The van der Waals surface area contributed by atoms with E-state index >= 15 is 0 Å². The van der Waals surface area contributed by atoms with Crippen molar-refractivity contribution in [2.45, 2.75) is 45.2 Å². The Morgan fingerprint density at radius 1 is 1.46 bits per heavy atom. The number of hydrogen-bond acceptors (Lipinski definition) is 3. The molecule has 24 heavy (non-hydrogen) atoms. The molecule has 1 N–H and O–H groups in total. The maximum Gasteiger partial charge on any atom is 0.245 e. The van der Waals surface area contributed by atoms with Crippen molar-refractivity contribution in [1.82, 2.24) is 10.2 Å². The van der Waals surface area contributed by atoms with E-state index in [1.165, 1.54) is 0 Å². The maximum absolute atomic E-state index is 12.7. The number of carbonyl (C=O) groups is 2. The van der Waals surface area contributed by atoms with Crippen LogP contribution in [-0.4, -0.2) is 42.0 Å². The highest BCUT2D eigenvalue weighted by molar-refractivity contribution is 9.10. The highest BCUT2D eigenvalue weighted by atomic mass is 79.9. The molecule has 0 aromatic heterocycles. The number of amides is 2. The highest BCUT2D eigenvalue weighted by Crippen LogP contribution is 2.32. The Morgan fingerprint density at radius 2 is 2.25 bits per heavy atom. The second-order valence-corrected chi connectivity index (χ2v) is 7.11. The number of nitrogens with one attached hydrogen (secondary N) is 1.